The second kappa shape index (κ2) is 8.28. The van der Waals surface area contributed by atoms with Crippen LogP contribution in [0.5, 0.6) is 0 Å². The van der Waals surface area contributed by atoms with Gasteiger partial charge < -0.3 is 5.32 Å². The van der Waals surface area contributed by atoms with Crippen LogP contribution in [0.25, 0.3) is 0 Å². The first-order valence-corrected chi connectivity index (χ1v) is 8.61. The Morgan fingerprint density at radius 3 is 1.92 bits per heavy atom. The molecule has 1 N–H and O–H groups in total. The van der Waals surface area contributed by atoms with Crippen molar-refractivity contribution < 1.29 is 0 Å². The average molecular weight is 326 g/mol. The fourth-order valence-electron chi connectivity index (χ4n) is 3.05. The summed E-state index contributed by atoms with van der Waals surface area (Å²) < 4.78 is 0. The Labute approximate surface area is 149 Å². The molecule has 0 aliphatic heterocycles. The number of rotatable bonds is 6. The molecule has 124 valence electrons. The molecule has 2 nitrogen and oxygen atoms in total. The monoisotopic (exact) mass is 326 g/mol. The Morgan fingerprint density at radius 1 is 0.800 bits per heavy atom. The summed E-state index contributed by atoms with van der Waals surface area (Å²) >= 11 is 0. The van der Waals surface area contributed by atoms with Gasteiger partial charge in [0.05, 0.1) is 11.6 Å². The van der Waals surface area contributed by atoms with E-state index in [4.69, 9.17) is 5.26 Å². The summed E-state index contributed by atoms with van der Waals surface area (Å²) in [7, 11) is 0. The maximum absolute atomic E-state index is 8.97. The smallest absolute Gasteiger partial charge is 0.0991 e. The SMILES string of the molecule is C[C@@H](N[C@H](Cc1ccc(C#N)cc1)c1ccccc1)c1ccccc1. The number of nitrogens with one attached hydrogen (secondary N) is 1. The van der Waals surface area contributed by atoms with Crippen LogP contribution in [0.2, 0.25) is 0 Å². The van der Waals surface area contributed by atoms with Gasteiger partial charge in [-0.15, -0.1) is 0 Å². The van der Waals surface area contributed by atoms with Crippen molar-refractivity contribution in [3.8, 4) is 6.07 Å². The van der Waals surface area contributed by atoms with Gasteiger partial charge in [-0.05, 0) is 42.2 Å². The molecular weight excluding hydrogens is 304 g/mol. The molecule has 2 atom stereocenters. The zero-order valence-corrected chi connectivity index (χ0v) is 14.4. The van der Waals surface area contributed by atoms with Gasteiger partial charge in [0, 0.05) is 12.1 Å². The molecule has 0 fully saturated rings. The molecule has 0 aliphatic carbocycles. The highest BCUT2D eigenvalue weighted by Crippen LogP contribution is 2.23. The summed E-state index contributed by atoms with van der Waals surface area (Å²) in [6.45, 7) is 2.20. The van der Waals surface area contributed by atoms with E-state index in [0.29, 0.717) is 5.56 Å². The van der Waals surface area contributed by atoms with Gasteiger partial charge in [0.15, 0.2) is 0 Å². The molecule has 25 heavy (non-hydrogen) atoms. The van der Waals surface area contributed by atoms with Crippen molar-refractivity contribution in [2.45, 2.75) is 25.4 Å². The second-order valence-corrected chi connectivity index (χ2v) is 6.28. The number of nitriles is 1. The molecule has 0 bridgehead atoms. The fraction of sp³-hybridized carbons (Fsp3) is 0.174. The van der Waals surface area contributed by atoms with E-state index in [0.717, 1.165) is 6.42 Å². The minimum atomic E-state index is 0.212. The maximum atomic E-state index is 8.97. The number of hydrogen-bond donors (Lipinski definition) is 1. The van der Waals surface area contributed by atoms with Crippen LogP contribution < -0.4 is 5.32 Å². The highest BCUT2D eigenvalue weighted by Gasteiger charge is 2.16. The molecular formula is C23H22N2. The van der Waals surface area contributed by atoms with Crippen LogP contribution in [-0.2, 0) is 6.42 Å². The van der Waals surface area contributed by atoms with E-state index in [2.05, 4.69) is 66.8 Å². The largest absolute Gasteiger partial charge is 0.303 e. The quantitative estimate of drug-likeness (QED) is 0.676. The van der Waals surface area contributed by atoms with Gasteiger partial charge in [0.1, 0.15) is 0 Å². The molecule has 0 saturated carbocycles. The van der Waals surface area contributed by atoms with E-state index >= 15 is 0 Å². The Balaban J connectivity index is 1.81. The minimum absolute atomic E-state index is 0.212. The normalized spacial score (nSPS) is 13.0. The molecule has 0 radical (unpaired) electrons. The third kappa shape index (κ3) is 4.56. The van der Waals surface area contributed by atoms with Crippen LogP contribution in [-0.4, -0.2) is 0 Å². The zero-order chi connectivity index (χ0) is 17.5. The maximum Gasteiger partial charge on any atom is 0.0991 e. The van der Waals surface area contributed by atoms with E-state index in [1.165, 1.54) is 16.7 Å². The number of benzene rings is 3. The zero-order valence-electron chi connectivity index (χ0n) is 14.4. The van der Waals surface area contributed by atoms with Crippen molar-refractivity contribution in [1.29, 1.82) is 5.26 Å². The Kier molecular flexibility index (Phi) is 5.61. The van der Waals surface area contributed by atoms with Crippen molar-refractivity contribution in [1.82, 2.24) is 5.32 Å². The fourth-order valence-corrected chi connectivity index (χ4v) is 3.05. The third-order valence-corrected chi connectivity index (χ3v) is 4.48. The van der Waals surface area contributed by atoms with Crippen molar-refractivity contribution >= 4 is 0 Å². The molecule has 2 heteroatoms. The lowest BCUT2D eigenvalue weighted by atomic mass is 9.96. The van der Waals surface area contributed by atoms with Crippen LogP contribution >= 0.6 is 0 Å². The predicted molar refractivity (Wildman–Crippen MR) is 102 cm³/mol. The summed E-state index contributed by atoms with van der Waals surface area (Å²) in [4.78, 5) is 0. The van der Waals surface area contributed by atoms with Crippen LogP contribution in [0.15, 0.2) is 84.9 Å². The molecule has 3 aromatic carbocycles. The first-order chi connectivity index (χ1) is 12.3. The standard InChI is InChI=1S/C23H22N2/c1-18(21-8-4-2-5-9-21)25-23(22-10-6-3-7-11-22)16-19-12-14-20(17-24)15-13-19/h2-15,18,23,25H,16H2,1H3/t18-,23-/m1/s1. The first kappa shape index (κ1) is 17.0. The average Bonchev–Trinajstić information content (AvgIpc) is 2.69. The molecule has 0 aliphatic rings. The van der Waals surface area contributed by atoms with Crippen molar-refractivity contribution in [2.24, 2.45) is 0 Å². The van der Waals surface area contributed by atoms with E-state index in [9.17, 15) is 0 Å². The highest BCUT2D eigenvalue weighted by atomic mass is 14.9. The Morgan fingerprint density at radius 2 is 1.36 bits per heavy atom. The molecule has 3 rings (SSSR count). The summed E-state index contributed by atoms with van der Waals surface area (Å²) in [6.07, 6.45) is 0.882. The molecule has 0 unspecified atom stereocenters. The third-order valence-electron chi connectivity index (χ3n) is 4.48. The highest BCUT2D eigenvalue weighted by molar-refractivity contribution is 5.33. The molecule has 0 spiro atoms. The van der Waals surface area contributed by atoms with Gasteiger partial charge in [-0.2, -0.15) is 5.26 Å². The molecule has 0 amide bonds. The molecule has 0 aromatic heterocycles. The summed E-state index contributed by atoms with van der Waals surface area (Å²) in [5.41, 5.74) is 4.48. The Hall–Kier alpha value is -2.89. The predicted octanol–water partition coefficient (Wildman–Crippen LogP) is 5.19. The Bertz CT molecular complexity index is 817. The van der Waals surface area contributed by atoms with Gasteiger partial charge in [-0.3, -0.25) is 0 Å². The van der Waals surface area contributed by atoms with Gasteiger partial charge in [-0.1, -0.05) is 72.8 Å². The van der Waals surface area contributed by atoms with Gasteiger partial charge >= 0.3 is 0 Å². The lowest BCUT2D eigenvalue weighted by molar-refractivity contribution is 0.464. The van der Waals surface area contributed by atoms with Crippen LogP contribution in [0.4, 0.5) is 0 Å². The summed E-state index contributed by atoms with van der Waals surface area (Å²) in [6, 6.07) is 31.5. The van der Waals surface area contributed by atoms with E-state index in [-0.39, 0.29) is 12.1 Å². The van der Waals surface area contributed by atoms with Crippen molar-refractivity contribution in [3.63, 3.8) is 0 Å². The first-order valence-electron chi connectivity index (χ1n) is 8.61. The minimum Gasteiger partial charge on any atom is -0.303 e. The van der Waals surface area contributed by atoms with Gasteiger partial charge in [0.25, 0.3) is 0 Å². The number of hydrogen-bond acceptors (Lipinski definition) is 2. The summed E-state index contributed by atoms with van der Waals surface area (Å²) in [5.74, 6) is 0. The van der Waals surface area contributed by atoms with Crippen molar-refractivity contribution in [3.05, 3.63) is 107 Å². The van der Waals surface area contributed by atoms with E-state index in [1.54, 1.807) is 0 Å². The molecule has 0 saturated heterocycles. The molecule has 0 heterocycles. The van der Waals surface area contributed by atoms with E-state index < -0.39 is 0 Å². The van der Waals surface area contributed by atoms with Crippen LogP contribution in [0, 0.1) is 11.3 Å². The van der Waals surface area contributed by atoms with E-state index in [1.807, 2.05) is 36.4 Å². The van der Waals surface area contributed by atoms with Crippen LogP contribution in [0.3, 0.4) is 0 Å². The van der Waals surface area contributed by atoms with Gasteiger partial charge in [0.2, 0.25) is 0 Å². The number of nitrogens with zero attached hydrogens (tertiary/aromatic N) is 1. The molecule has 3 aromatic rings. The lowest BCUT2D eigenvalue weighted by Crippen LogP contribution is -2.26. The lowest BCUT2D eigenvalue weighted by Gasteiger charge is -2.24. The second-order valence-electron chi connectivity index (χ2n) is 6.28. The van der Waals surface area contributed by atoms with Gasteiger partial charge in [-0.25, -0.2) is 0 Å². The van der Waals surface area contributed by atoms with Crippen molar-refractivity contribution in [2.75, 3.05) is 0 Å². The topological polar surface area (TPSA) is 35.8 Å². The van der Waals surface area contributed by atoms with Crippen LogP contribution in [0.1, 0.15) is 41.3 Å². The summed E-state index contributed by atoms with van der Waals surface area (Å²) in [5, 5.41) is 12.7.